The van der Waals surface area contributed by atoms with Gasteiger partial charge in [-0.1, -0.05) is 6.92 Å². The zero-order valence-electron chi connectivity index (χ0n) is 7.94. The smallest absolute Gasteiger partial charge is 0.146 e. The fourth-order valence-corrected chi connectivity index (χ4v) is 2.17. The van der Waals surface area contributed by atoms with Gasteiger partial charge in [0.2, 0.25) is 0 Å². The van der Waals surface area contributed by atoms with Crippen molar-refractivity contribution in [3.05, 3.63) is 0 Å². The minimum absolute atomic E-state index is 0.552. The van der Waals surface area contributed by atoms with Crippen LogP contribution in [-0.2, 0) is 0 Å². The number of quaternary nitrogens is 1. The molecule has 1 fully saturated rings. The summed E-state index contributed by atoms with van der Waals surface area (Å²) < 4.78 is 1.28. The Hall–Kier alpha value is -0.0400. The third-order valence-electron chi connectivity index (χ3n) is 3.81. The Morgan fingerprint density at radius 3 is 1.90 bits per heavy atom. The van der Waals surface area contributed by atoms with Gasteiger partial charge >= 0.3 is 0 Å². The van der Waals surface area contributed by atoms with Gasteiger partial charge in [-0.25, -0.2) is 0 Å². The van der Waals surface area contributed by atoms with Crippen LogP contribution in [0.4, 0.5) is 0 Å². The van der Waals surface area contributed by atoms with Crippen LogP contribution in [0.2, 0.25) is 0 Å². The van der Waals surface area contributed by atoms with E-state index in [-0.39, 0.29) is 0 Å². The molecule has 0 aromatic heterocycles. The highest BCUT2D eigenvalue weighted by molar-refractivity contribution is 4.93. The Bertz CT molecular complexity index is 140. The van der Waals surface area contributed by atoms with Crippen molar-refractivity contribution in [2.75, 3.05) is 13.6 Å². The van der Waals surface area contributed by atoms with Gasteiger partial charge in [0, 0.05) is 0 Å². The molecule has 10 heavy (non-hydrogen) atoms. The van der Waals surface area contributed by atoms with Crippen LogP contribution in [0.3, 0.4) is 0 Å². The van der Waals surface area contributed by atoms with E-state index in [9.17, 15) is 0 Å². The summed E-state index contributed by atoms with van der Waals surface area (Å²) in [6.07, 6.45) is 1.31. The molecule has 1 aliphatic rings. The summed E-state index contributed by atoms with van der Waals surface area (Å²) in [6.45, 7) is 10.7. The highest BCUT2D eigenvalue weighted by atomic mass is 15.6. The molecule has 1 heterocycles. The Labute approximate surface area is 64.6 Å². The van der Waals surface area contributed by atoms with E-state index in [1.54, 1.807) is 0 Å². The molecule has 1 heteroatoms. The lowest BCUT2D eigenvalue weighted by Gasteiger charge is -2.16. The fraction of sp³-hybridized carbons (Fsp3) is 1.00. The molecule has 0 aromatic rings. The molecule has 1 nitrogen and oxygen atoms in total. The molecule has 60 valence electrons. The van der Waals surface area contributed by atoms with Crippen LogP contribution in [-0.4, -0.2) is 29.7 Å². The molecule has 0 bridgehead atoms. The maximum Gasteiger partial charge on any atom is 0.146 e. The van der Waals surface area contributed by atoms with E-state index in [0.717, 1.165) is 6.04 Å². The van der Waals surface area contributed by atoms with E-state index in [1.165, 1.54) is 17.4 Å². The van der Waals surface area contributed by atoms with Gasteiger partial charge in [-0.05, 0) is 27.2 Å². The fourth-order valence-electron chi connectivity index (χ4n) is 2.17. The summed E-state index contributed by atoms with van der Waals surface area (Å²) >= 11 is 0. The lowest BCUT2D eigenvalue weighted by Crippen LogP contribution is -2.29. The molecule has 1 rings (SSSR count). The Balaban J connectivity index is 2.59. The molecule has 0 aromatic carbocycles. The van der Waals surface area contributed by atoms with E-state index < -0.39 is 0 Å². The van der Waals surface area contributed by atoms with Gasteiger partial charge in [-0.3, -0.25) is 0 Å². The van der Waals surface area contributed by atoms with Crippen molar-refractivity contribution < 1.29 is 4.48 Å². The van der Waals surface area contributed by atoms with Gasteiger partial charge in [0.05, 0.1) is 13.6 Å². The van der Waals surface area contributed by atoms with E-state index in [0.29, 0.717) is 5.54 Å². The van der Waals surface area contributed by atoms with Crippen LogP contribution < -0.4 is 0 Å². The maximum absolute atomic E-state index is 2.37. The number of hydrogen-bond acceptors (Lipinski definition) is 0. The van der Waals surface area contributed by atoms with Crippen molar-refractivity contribution in [2.24, 2.45) is 0 Å². The first-order valence-corrected chi connectivity index (χ1v) is 4.32. The summed E-state index contributed by atoms with van der Waals surface area (Å²) in [5.41, 5.74) is 0.552. The molecular weight excluding hydrogens is 122 g/mol. The van der Waals surface area contributed by atoms with Gasteiger partial charge < -0.3 is 4.48 Å². The highest BCUT2D eigenvalue weighted by Crippen LogP contribution is 2.47. The van der Waals surface area contributed by atoms with Crippen LogP contribution in [0.1, 0.15) is 34.1 Å². The van der Waals surface area contributed by atoms with Gasteiger partial charge in [-0.2, -0.15) is 0 Å². The average Bonchev–Trinajstić information content (AvgIpc) is 2.17. The van der Waals surface area contributed by atoms with Crippen molar-refractivity contribution in [1.29, 1.82) is 0 Å². The third-order valence-corrected chi connectivity index (χ3v) is 3.81. The molecular formula is C9H20N+. The third kappa shape index (κ3) is 0.731. The Morgan fingerprint density at radius 2 is 1.80 bits per heavy atom. The summed E-state index contributed by atoms with van der Waals surface area (Å²) in [7, 11) is 2.37. The standard InChI is InChI=1S/C9H20N/c1-6-7-10(5)8(2)9(10,3)4/h8H,6-7H2,1-5H3/q+1. The summed E-state index contributed by atoms with van der Waals surface area (Å²) in [5.74, 6) is 0. The number of hydrogen-bond donors (Lipinski definition) is 0. The largest absolute Gasteiger partial charge is 0.309 e. The molecule has 0 spiro atoms. The van der Waals surface area contributed by atoms with E-state index >= 15 is 0 Å². The van der Waals surface area contributed by atoms with Gasteiger partial charge in [0.15, 0.2) is 0 Å². The van der Waals surface area contributed by atoms with Crippen molar-refractivity contribution in [1.82, 2.24) is 0 Å². The first-order chi connectivity index (χ1) is 4.47. The average molecular weight is 142 g/mol. The second-order valence-corrected chi connectivity index (χ2v) is 4.32. The van der Waals surface area contributed by atoms with Gasteiger partial charge in [-0.15, -0.1) is 0 Å². The van der Waals surface area contributed by atoms with Crippen LogP contribution in [0.15, 0.2) is 0 Å². The zero-order valence-corrected chi connectivity index (χ0v) is 7.94. The number of nitrogens with zero attached hydrogens (tertiary/aromatic N) is 1. The van der Waals surface area contributed by atoms with Crippen molar-refractivity contribution in [3.8, 4) is 0 Å². The molecule has 0 amide bonds. The second kappa shape index (κ2) is 1.97. The van der Waals surface area contributed by atoms with Crippen molar-refractivity contribution in [2.45, 2.75) is 45.7 Å². The lowest BCUT2D eigenvalue weighted by molar-refractivity contribution is -0.817. The first-order valence-electron chi connectivity index (χ1n) is 4.32. The molecule has 2 atom stereocenters. The maximum atomic E-state index is 2.37. The van der Waals surface area contributed by atoms with E-state index in [4.69, 9.17) is 0 Å². The van der Waals surface area contributed by atoms with Crippen LogP contribution in [0.5, 0.6) is 0 Å². The minimum atomic E-state index is 0.552. The van der Waals surface area contributed by atoms with E-state index in [2.05, 4.69) is 34.7 Å². The lowest BCUT2D eigenvalue weighted by atomic mass is 10.1. The quantitative estimate of drug-likeness (QED) is 0.409. The van der Waals surface area contributed by atoms with Crippen LogP contribution in [0.25, 0.3) is 0 Å². The Morgan fingerprint density at radius 1 is 1.40 bits per heavy atom. The molecule has 0 saturated carbocycles. The Kier molecular flexibility index (Phi) is 1.59. The molecule has 0 N–H and O–H groups in total. The SMILES string of the molecule is CCC[N+]1(C)C(C)C1(C)C. The van der Waals surface area contributed by atoms with Crippen molar-refractivity contribution >= 4 is 0 Å². The van der Waals surface area contributed by atoms with Crippen LogP contribution in [0, 0.1) is 0 Å². The molecule has 1 aliphatic heterocycles. The van der Waals surface area contributed by atoms with Crippen molar-refractivity contribution in [3.63, 3.8) is 0 Å². The monoisotopic (exact) mass is 142 g/mol. The summed E-state index contributed by atoms with van der Waals surface area (Å²) in [6, 6.07) is 0.868. The number of likely N-dealkylation sites (N-methyl/N-ethyl adjacent to an activating group) is 1. The van der Waals surface area contributed by atoms with Gasteiger partial charge in [0.25, 0.3) is 0 Å². The van der Waals surface area contributed by atoms with Crippen LogP contribution >= 0.6 is 0 Å². The van der Waals surface area contributed by atoms with E-state index in [1.807, 2.05) is 0 Å². The highest BCUT2D eigenvalue weighted by Gasteiger charge is 2.67. The summed E-state index contributed by atoms with van der Waals surface area (Å²) in [4.78, 5) is 0. The predicted octanol–water partition coefficient (Wildman–Crippen LogP) is 2.02. The normalized spacial score (nSPS) is 43.5. The first kappa shape index (κ1) is 8.06. The summed E-state index contributed by atoms with van der Waals surface area (Å²) in [5, 5.41) is 0. The minimum Gasteiger partial charge on any atom is -0.309 e. The predicted molar refractivity (Wildman–Crippen MR) is 44.9 cm³/mol. The molecule has 0 radical (unpaired) electrons. The van der Waals surface area contributed by atoms with Gasteiger partial charge in [0.1, 0.15) is 11.6 Å². The topological polar surface area (TPSA) is 0 Å². The molecule has 1 saturated heterocycles. The zero-order chi connectivity index (χ0) is 7.99. The molecule has 2 unspecified atom stereocenters. The molecule has 0 aliphatic carbocycles. The number of rotatable bonds is 2. The second-order valence-electron chi connectivity index (χ2n) is 4.32.